The fourth-order valence-corrected chi connectivity index (χ4v) is 1.78. The molecule has 0 spiro atoms. The molecule has 0 aromatic heterocycles. The van der Waals surface area contributed by atoms with Crippen molar-refractivity contribution in [3.05, 3.63) is 29.3 Å². The maximum Gasteiger partial charge on any atom is 0.169 e. The maximum absolute atomic E-state index is 11.5. The van der Waals surface area contributed by atoms with E-state index < -0.39 is 18.8 Å². The predicted molar refractivity (Wildman–Crippen MR) is 58.9 cm³/mol. The third-order valence-corrected chi connectivity index (χ3v) is 2.79. The Morgan fingerprint density at radius 1 is 1.35 bits per heavy atom. The van der Waals surface area contributed by atoms with Crippen LogP contribution in [0, 0.1) is 0 Å². The van der Waals surface area contributed by atoms with E-state index in [-0.39, 0.29) is 5.78 Å². The Labute approximate surface area is 98.3 Å². The van der Waals surface area contributed by atoms with E-state index in [1.807, 2.05) is 0 Å². The summed E-state index contributed by atoms with van der Waals surface area (Å²) in [5.74, 6) is 0.429. The van der Waals surface area contributed by atoms with E-state index in [0.29, 0.717) is 29.9 Å². The zero-order chi connectivity index (χ0) is 12.4. The molecule has 0 bridgehead atoms. The molecule has 2 rings (SSSR count). The number of rotatable bonds is 3. The summed E-state index contributed by atoms with van der Waals surface area (Å²) >= 11 is 0. The normalized spacial score (nSPS) is 18.2. The number of fused-ring (bicyclic) bond motifs is 1. The summed E-state index contributed by atoms with van der Waals surface area (Å²) in [5, 5.41) is 27.8. The Morgan fingerprint density at radius 3 is 2.82 bits per heavy atom. The van der Waals surface area contributed by atoms with Crippen molar-refractivity contribution in [1.82, 2.24) is 0 Å². The average Bonchev–Trinajstić information content (AvgIpc) is 2.37. The van der Waals surface area contributed by atoms with Gasteiger partial charge in [-0.15, -0.1) is 0 Å². The van der Waals surface area contributed by atoms with Gasteiger partial charge in [-0.3, -0.25) is 4.79 Å². The lowest BCUT2D eigenvalue weighted by Crippen LogP contribution is -2.22. The van der Waals surface area contributed by atoms with Gasteiger partial charge >= 0.3 is 0 Å². The summed E-state index contributed by atoms with van der Waals surface area (Å²) in [5.41, 5.74) is 0.908. The SMILES string of the molecule is O=C1CCOc2cc(C(O)C(O)CO)ccc21. The largest absolute Gasteiger partial charge is 0.492 e. The lowest BCUT2D eigenvalue weighted by atomic mass is 9.98. The van der Waals surface area contributed by atoms with Crippen molar-refractivity contribution >= 4 is 5.78 Å². The number of hydrogen-bond acceptors (Lipinski definition) is 5. The molecule has 0 fully saturated rings. The molecule has 5 nitrogen and oxygen atoms in total. The van der Waals surface area contributed by atoms with Crippen LogP contribution in [-0.4, -0.2) is 40.4 Å². The van der Waals surface area contributed by atoms with Crippen LogP contribution in [0.15, 0.2) is 18.2 Å². The highest BCUT2D eigenvalue weighted by atomic mass is 16.5. The number of ether oxygens (including phenoxy) is 1. The minimum absolute atomic E-state index is 0.00926. The first-order valence-corrected chi connectivity index (χ1v) is 5.40. The Bertz CT molecular complexity index is 429. The van der Waals surface area contributed by atoms with Crippen LogP contribution in [0.1, 0.15) is 28.4 Å². The van der Waals surface area contributed by atoms with Gasteiger partial charge in [0.15, 0.2) is 5.78 Å². The number of benzene rings is 1. The van der Waals surface area contributed by atoms with Crippen LogP contribution in [0.2, 0.25) is 0 Å². The summed E-state index contributed by atoms with van der Waals surface area (Å²) in [6.07, 6.45) is -2.08. The van der Waals surface area contributed by atoms with Gasteiger partial charge in [0.2, 0.25) is 0 Å². The van der Waals surface area contributed by atoms with E-state index in [2.05, 4.69) is 0 Å². The van der Waals surface area contributed by atoms with Crippen LogP contribution in [-0.2, 0) is 0 Å². The van der Waals surface area contributed by atoms with Crippen LogP contribution >= 0.6 is 0 Å². The maximum atomic E-state index is 11.5. The van der Waals surface area contributed by atoms with Gasteiger partial charge in [0.25, 0.3) is 0 Å². The molecule has 17 heavy (non-hydrogen) atoms. The van der Waals surface area contributed by atoms with Crippen molar-refractivity contribution in [2.24, 2.45) is 0 Å². The number of hydrogen-bond donors (Lipinski definition) is 3. The second kappa shape index (κ2) is 4.83. The van der Waals surface area contributed by atoms with E-state index in [0.717, 1.165) is 0 Å². The highest BCUT2D eigenvalue weighted by molar-refractivity contribution is 5.99. The summed E-state index contributed by atoms with van der Waals surface area (Å²) < 4.78 is 5.32. The Kier molecular flexibility index (Phi) is 3.42. The second-order valence-electron chi connectivity index (χ2n) is 3.97. The molecule has 1 aliphatic rings. The third-order valence-electron chi connectivity index (χ3n) is 2.79. The van der Waals surface area contributed by atoms with Crippen LogP contribution < -0.4 is 4.74 Å². The van der Waals surface area contributed by atoms with Crippen LogP contribution in [0.3, 0.4) is 0 Å². The Hall–Kier alpha value is -1.43. The molecule has 1 aromatic carbocycles. The molecule has 0 saturated heterocycles. The van der Waals surface area contributed by atoms with E-state index in [4.69, 9.17) is 9.84 Å². The highest BCUT2D eigenvalue weighted by Crippen LogP contribution is 2.29. The van der Waals surface area contributed by atoms with Crippen molar-refractivity contribution in [3.8, 4) is 5.75 Å². The van der Waals surface area contributed by atoms with E-state index in [1.165, 1.54) is 6.07 Å². The quantitative estimate of drug-likeness (QED) is 0.692. The molecule has 2 unspecified atom stereocenters. The van der Waals surface area contributed by atoms with Crippen molar-refractivity contribution in [3.63, 3.8) is 0 Å². The number of aliphatic hydroxyl groups excluding tert-OH is 3. The van der Waals surface area contributed by atoms with Crippen molar-refractivity contribution < 1.29 is 24.9 Å². The topological polar surface area (TPSA) is 87.0 Å². The third kappa shape index (κ3) is 2.31. The molecule has 0 aliphatic carbocycles. The van der Waals surface area contributed by atoms with Gasteiger partial charge in [0.1, 0.15) is 18.0 Å². The smallest absolute Gasteiger partial charge is 0.169 e. The first-order chi connectivity index (χ1) is 8.13. The summed E-state index contributed by atoms with van der Waals surface area (Å²) in [6.45, 7) is -0.202. The lowest BCUT2D eigenvalue weighted by Gasteiger charge is -2.20. The number of carbonyl (C=O) groups is 1. The number of carbonyl (C=O) groups excluding carboxylic acids is 1. The van der Waals surface area contributed by atoms with Crippen molar-refractivity contribution in [2.75, 3.05) is 13.2 Å². The van der Waals surface area contributed by atoms with E-state index in [9.17, 15) is 15.0 Å². The predicted octanol–water partition coefficient (Wildman–Crippen LogP) is 0.0384. The van der Waals surface area contributed by atoms with Crippen molar-refractivity contribution in [2.45, 2.75) is 18.6 Å². The fraction of sp³-hybridized carbons (Fsp3) is 0.417. The standard InChI is InChI=1S/C12H14O5/c13-6-10(15)12(16)7-1-2-8-9(14)3-4-17-11(8)5-7/h1-2,5,10,12-13,15-16H,3-4,6H2. The van der Waals surface area contributed by atoms with Crippen molar-refractivity contribution in [1.29, 1.82) is 0 Å². The molecular weight excluding hydrogens is 224 g/mol. The molecule has 0 radical (unpaired) electrons. The van der Waals surface area contributed by atoms with Gasteiger partial charge in [0.05, 0.1) is 18.8 Å². The second-order valence-corrected chi connectivity index (χ2v) is 3.97. The fourth-order valence-electron chi connectivity index (χ4n) is 1.78. The lowest BCUT2D eigenvalue weighted by molar-refractivity contribution is -0.0153. The van der Waals surface area contributed by atoms with E-state index in [1.54, 1.807) is 12.1 Å². The summed E-state index contributed by atoms with van der Waals surface area (Å²) in [4.78, 5) is 11.5. The molecule has 2 atom stereocenters. The Morgan fingerprint density at radius 2 is 2.12 bits per heavy atom. The van der Waals surface area contributed by atoms with Crippen LogP contribution in [0.5, 0.6) is 5.75 Å². The molecular formula is C12H14O5. The number of ketones is 1. The molecule has 1 aliphatic heterocycles. The monoisotopic (exact) mass is 238 g/mol. The number of aliphatic hydroxyl groups is 3. The van der Waals surface area contributed by atoms with Gasteiger partial charge in [-0.25, -0.2) is 0 Å². The van der Waals surface area contributed by atoms with E-state index >= 15 is 0 Å². The van der Waals surface area contributed by atoms with Gasteiger partial charge in [0, 0.05) is 6.42 Å². The first kappa shape index (κ1) is 12.0. The highest BCUT2D eigenvalue weighted by Gasteiger charge is 2.22. The summed E-state index contributed by atoms with van der Waals surface area (Å²) in [7, 11) is 0. The molecule has 5 heteroatoms. The minimum Gasteiger partial charge on any atom is -0.492 e. The van der Waals surface area contributed by atoms with Gasteiger partial charge in [-0.2, -0.15) is 0 Å². The molecule has 0 saturated carbocycles. The van der Waals surface area contributed by atoms with Gasteiger partial charge in [-0.05, 0) is 17.7 Å². The first-order valence-electron chi connectivity index (χ1n) is 5.40. The molecule has 3 N–H and O–H groups in total. The van der Waals surface area contributed by atoms with Crippen LogP contribution in [0.25, 0.3) is 0 Å². The van der Waals surface area contributed by atoms with Crippen LogP contribution in [0.4, 0.5) is 0 Å². The molecule has 1 aromatic rings. The summed E-state index contributed by atoms with van der Waals surface area (Å²) in [6, 6.07) is 4.64. The molecule has 1 heterocycles. The average molecular weight is 238 g/mol. The van der Waals surface area contributed by atoms with Gasteiger partial charge in [-0.1, -0.05) is 6.07 Å². The van der Waals surface area contributed by atoms with Gasteiger partial charge < -0.3 is 20.1 Å². The zero-order valence-electron chi connectivity index (χ0n) is 9.17. The molecule has 0 amide bonds. The molecule has 92 valence electrons. The minimum atomic E-state index is -1.24. The Balaban J connectivity index is 2.30. The zero-order valence-corrected chi connectivity index (χ0v) is 9.17. The number of Topliss-reactive ketones (excluding diaryl/α,β-unsaturated/α-hetero) is 1.